The summed E-state index contributed by atoms with van der Waals surface area (Å²) in [5, 5.41) is 5.32. The molecule has 1 rings (SSSR count). The van der Waals surface area contributed by atoms with Gasteiger partial charge in [-0.05, 0) is 13.0 Å². The van der Waals surface area contributed by atoms with E-state index in [2.05, 4.69) is 20.4 Å². The summed E-state index contributed by atoms with van der Waals surface area (Å²) < 4.78 is 65.4. The van der Waals surface area contributed by atoms with Crippen molar-refractivity contribution in [1.82, 2.24) is 10.6 Å². The summed E-state index contributed by atoms with van der Waals surface area (Å²) in [4.78, 5) is 4.07. The Morgan fingerprint density at radius 3 is 2.52 bits per heavy atom. The molecule has 0 radical (unpaired) electrons. The lowest BCUT2D eigenvalue weighted by molar-refractivity contribution is -0.132. The standard InChI is InChI=1S/C14H18F5N3O/c1-2-20-13(21-8-7-14(17,18)19)22-9-10-5-3-4-6-11(10)23-12(15)16/h3-6,12H,2,7-9H2,1H3,(H2,20,21,22). The molecule has 0 bridgehead atoms. The lowest BCUT2D eigenvalue weighted by Crippen LogP contribution is -2.38. The van der Waals surface area contributed by atoms with Crippen LogP contribution in [0.2, 0.25) is 0 Å². The number of halogens is 5. The van der Waals surface area contributed by atoms with Gasteiger partial charge < -0.3 is 15.4 Å². The molecule has 9 heteroatoms. The molecule has 0 aliphatic carbocycles. The van der Waals surface area contributed by atoms with Gasteiger partial charge in [0.1, 0.15) is 5.75 Å². The van der Waals surface area contributed by atoms with Crippen LogP contribution >= 0.6 is 0 Å². The van der Waals surface area contributed by atoms with E-state index < -0.39 is 19.2 Å². The van der Waals surface area contributed by atoms with Gasteiger partial charge in [0.05, 0.1) is 13.0 Å². The molecule has 0 atom stereocenters. The van der Waals surface area contributed by atoms with Crippen molar-refractivity contribution in [3.05, 3.63) is 29.8 Å². The molecule has 0 heterocycles. The van der Waals surface area contributed by atoms with E-state index in [-0.39, 0.29) is 24.8 Å². The molecule has 1 aromatic rings. The van der Waals surface area contributed by atoms with Crippen LogP contribution in [0, 0.1) is 0 Å². The molecule has 0 saturated carbocycles. The van der Waals surface area contributed by atoms with Crippen molar-refractivity contribution < 1.29 is 26.7 Å². The quantitative estimate of drug-likeness (QED) is 0.455. The Hall–Kier alpha value is -2.06. The molecule has 1 aromatic carbocycles. The van der Waals surface area contributed by atoms with Gasteiger partial charge in [-0.25, -0.2) is 4.99 Å². The zero-order chi connectivity index (χ0) is 17.3. The Kier molecular flexibility index (Phi) is 7.56. The number of aliphatic imine (C=N–C) groups is 1. The third-order valence-electron chi connectivity index (χ3n) is 2.64. The Bertz CT molecular complexity index is 505. The molecule has 0 unspecified atom stereocenters. The lowest BCUT2D eigenvalue weighted by atomic mass is 10.2. The number of alkyl halides is 5. The van der Waals surface area contributed by atoms with E-state index in [1.807, 2.05) is 0 Å². The second-order valence-electron chi connectivity index (χ2n) is 4.47. The highest BCUT2D eigenvalue weighted by Gasteiger charge is 2.26. The number of benzene rings is 1. The summed E-state index contributed by atoms with van der Waals surface area (Å²) in [7, 11) is 0. The van der Waals surface area contributed by atoms with Crippen LogP contribution in [-0.2, 0) is 6.54 Å². The fourth-order valence-electron chi connectivity index (χ4n) is 1.67. The molecule has 0 amide bonds. The summed E-state index contributed by atoms with van der Waals surface area (Å²) >= 11 is 0. The Labute approximate surface area is 130 Å². The first-order valence-corrected chi connectivity index (χ1v) is 6.93. The summed E-state index contributed by atoms with van der Waals surface area (Å²) in [5.41, 5.74) is 0.404. The number of ether oxygens (including phenoxy) is 1. The fraction of sp³-hybridized carbons (Fsp3) is 0.500. The van der Waals surface area contributed by atoms with E-state index >= 15 is 0 Å². The van der Waals surface area contributed by atoms with Gasteiger partial charge in [0.15, 0.2) is 5.96 Å². The number of para-hydroxylation sites is 1. The van der Waals surface area contributed by atoms with Gasteiger partial charge in [-0.2, -0.15) is 22.0 Å². The van der Waals surface area contributed by atoms with Crippen LogP contribution in [0.1, 0.15) is 18.9 Å². The van der Waals surface area contributed by atoms with Gasteiger partial charge in [-0.15, -0.1) is 0 Å². The Morgan fingerprint density at radius 2 is 1.91 bits per heavy atom. The van der Waals surface area contributed by atoms with Crippen LogP contribution in [0.4, 0.5) is 22.0 Å². The minimum Gasteiger partial charge on any atom is -0.434 e. The largest absolute Gasteiger partial charge is 0.434 e. The van der Waals surface area contributed by atoms with Crippen LogP contribution in [-0.4, -0.2) is 31.8 Å². The molecule has 0 aromatic heterocycles. The topological polar surface area (TPSA) is 45.7 Å². The minimum absolute atomic E-state index is 0.00968. The third kappa shape index (κ3) is 8.22. The van der Waals surface area contributed by atoms with Gasteiger partial charge in [-0.3, -0.25) is 0 Å². The molecule has 2 N–H and O–H groups in total. The summed E-state index contributed by atoms with van der Waals surface area (Å²) in [5.74, 6) is 0.154. The van der Waals surface area contributed by atoms with Crippen LogP contribution in [0.25, 0.3) is 0 Å². The van der Waals surface area contributed by atoms with Gasteiger partial charge in [0.25, 0.3) is 0 Å². The van der Waals surface area contributed by atoms with Crippen LogP contribution in [0.5, 0.6) is 5.75 Å². The molecule has 0 fully saturated rings. The normalized spacial score (nSPS) is 12.4. The lowest BCUT2D eigenvalue weighted by Gasteiger charge is -2.13. The van der Waals surface area contributed by atoms with Crippen LogP contribution in [0.3, 0.4) is 0 Å². The average molecular weight is 339 g/mol. The molecular weight excluding hydrogens is 321 g/mol. The summed E-state index contributed by atoms with van der Waals surface area (Å²) in [6.45, 7) is -1.09. The highest BCUT2D eigenvalue weighted by molar-refractivity contribution is 5.79. The van der Waals surface area contributed by atoms with E-state index in [1.165, 1.54) is 12.1 Å². The van der Waals surface area contributed by atoms with E-state index in [0.717, 1.165) is 0 Å². The molecule has 0 aliphatic rings. The molecule has 23 heavy (non-hydrogen) atoms. The van der Waals surface area contributed by atoms with Gasteiger partial charge in [-0.1, -0.05) is 18.2 Å². The molecule has 0 aliphatic heterocycles. The predicted molar refractivity (Wildman–Crippen MR) is 76.6 cm³/mol. The number of hydrogen-bond acceptors (Lipinski definition) is 2. The first-order chi connectivity index (χ1) is 10.8. The van der Waals surface area contributed by atoms with E-state index in [1.54, 1.807) is 19.1 Å². The maximum Gasteiger partial charge on any atom is 0.390 e. The van der Waals surface area contributed by atoms with Crippen molar-refractivity contribution in [3.8, 4) is 5.75 Å². The van der Waals surface area contributed by atoms with Crippen molar-refractivity contribution in [2.24, 2.45) is 4.99 Å². The molecule has 130 valence electrons. The zero-order valence-electron chi connectivity index (χ0n) is 12.5. The van der Waals surface area contributed by atoms with Gasteiger partial charge in [0, 0.05) is 18.7 Å². The maximum atomic E-state index is 12.3. The highest BCUT2D eigenvalue weighted by Crippen LogP contribution is 2.21. The van der Waals surface area contributed by atoms with Gasteiger partial charge in [0.2, 0.25) is 0 Å². The van der Waals surface area contributed by atoms with E-state index in [9.17, 15) is 22.0 Å². The molecular formula is C14H18F5N3O. The van der Waals surface area contributed by atoms with Crippen molar-refractivity contribution in [3.63, 3.8) is 0 Å². The monoisotopic (exact) mass is 339 g/mol. The number of rotatable bonds is 7. The molecule has 0 spiro atoms. The number of nitrogens with one attached hydrogen (secondary N) is 2. The van der Waals surface area contributed by atoms with Crippen molar-refractivity contribution >= 4 is 5.96 Å². The number of hydrogen-bond donors (Lipinski definition) is 2. The highest BCUT2D eigenvalue weighted by atomic mass is 19.4. The van der Waals surface area contributed by atoms with E-state index in [4.69, 9.17) is 0 Å². The van der Waals surface area contributed by atoms with Gasteiger partial charge >= 0.3 is 12.8 Å². The molecule has 0 saturated heterocycles. The van der Waals surface area contributed by atoms with Crippen molar-refractivity contribution in [2.45, 2.75) is 32.7 Å². The van der Waals surface area contributed by atoms with Crippen LogP contribution in [0.15, 0.2) is 29.3 Å². The predicted octanol–water partition coefficient (Wildman–Crippen LogP) is 3.30. The molecule has 4 nitrogen and oxygen atoms in total. The van der Waals surface area contributed by atoms with Crippen molar-refractivity contribution in [1.29, 1.82) is 0 Å². The first kappa shape index (κ1) is 19.0. The van der Waals surface area contributed by atoms with Crippen LogP contribution < -0.4 is 15.4 Å². The third-order valence-corrected chi connectivity index (χ3v) is 2.64. The summed E-state index contributed by atoms with van der Waals surface area (Å²) in [6, 6.07) is 6.10. The average Bonchev–Trinajstić information content (AvgIpc) is 2.44. The van der Waals surface area contributed by atoms with E-state index in [0.29, 0.717) is 12.1 Å². The fourth-order valence-corrected chi connectivity index (χ4v) is 1.67. The maximum absolute atomic E-state index is 12.3. The second kappa shape index (κ2) is 9.16. The minimum atomic E-state index is -4.26. The Balaban J connectivity index is 2.70. The number of guanidine groups is 1. The second-order valence-corrected chi connectivity index (χ2v) is 4.47. The zero-order valence-corrected chi connectivity index (χ0v) is 12.5. The number of nitrogens with zero attached hydrogens (tertiary/aromatic N) is 1. The smallest absolute Gasteiger partial charge is 0.390 e. The summed E-state index contributed by atoms with van der Waals surface area (Å²) in [6.07, 6.45) is -5.26. The first-order valence-electron chi connectivity index (χ1n) is 6.93. The Morgan fingerprint density at radius 1 is 1.22 bits per heavy atom. The van der Waals surface area contributed by atoms with Crippen molar-refractivity contribution in [2.75, 3.05) is 13.1 Å². The SMILES string of the molecule is CCNC(=NCc1ccccc1OC(F)F)NCCC(F)(F)F.